The van der Waals surface area contributed by atoms with Crippen LogP contribution in [0.4, 0.5) is 5.69 Å². The minimum absolute atomic E-state index is 0.0768. The highest BCUT2D eigenvalue weighted by Crippen LogP contribution is 2.38. The van der Waals surface area contributed by atoms with Crippen LogP contribution in [0.3, 0.4) is 0 Å². The summed E-state index contributed by atoms with van der Waals surface area (Å²) < 4.78 is 26.7. The van der Waals surface area contributed by atoms with E-state index in [0.29, 0.717) is 29.5 Å². The first-order chi connectivity index (χ1) is 13.0. The first-order valence-corrected chi connectivity index (χ1v) is 11.4. The van der Waals surface area contributed by atoms with Crippen LogP contribution in [0.15, 0.2) is 29.4 Å². The largest absolute Gasteiger partial charge is 0.305 e. The molecule has 1 aliphatic carbocycles. The van der Waals surface area contributed by atoms with Crippen molar-refractivity contribution >= 4 is 39.0 Å². The van der Waals surface area contributed by atoms with Crippen LogP contribution in [0.25, 0.3) is 11.4 Å². The van der Waals surface area contributed by atoms with Crippen molar-refractivity contribution in [2.75, 3.05) is 11.0 Å². The second kappa shape index (κ2) is 7.32. The average molecular weight is 423 g/mol. The third kappa shape index (κ3) is 4.61. The number of carbonyl (C=O) groups is 2. The Kier molecular flexibility index (Phi) is 5.37. The van der Waals surface area contributed by atoms with Gasteiger partial charge in [-0.05, 0) is 29.7 Å². The van der Waals surface area contributed by atoms with Crippen molar-refractivity contribution in [3.63, 3.8) is 0 Å². The Labute approximate surface area is 168 Å². The third-order valence-electron chi connectivity index (χ3n) is 4.39. The maximum atomic E-state index is 12.4. The molecule has 1 saturated carbocycles. The molecule has 3 rings (SSSR count). The van der Waals surface area contributed by atoms with Crippen molar-refractivity contribution in [1.82, 2.24) is 14.8 Å². The number of nitrogens with one attached hydrogen (secondary N) is 1. The van der Waals surface area contributed by atoms with Gasteiger partial charge in [0, 0.05) is 31.1 Å². The summed E-state index contributed by atoms with van der Waals surface area (Å²) >= 11 is 1.13. The number of sulfonamides is 1. The van der Waals surface area contributed by atoms with Crippen molar-refractivity contribution in [2.24, 2.45) is 12.5 Å². The van der Waals surface area contributed by atoms with Crippen molar-refractivity contribution in [3.05, 3.63) is 24.3 Å². The lowest BCUT2D eigenvalue weighted by atomic mass is 9.76. The molecule has 1 aromatic carbocycles. The zero-order valence-electron chi connectivity index (χ0n) is 16.1. The fourth-order valence-corrected chi connectivity index (χ4v) is 4.72. The van der Waals surface area contributed by atoms with Crippen LogP contribution in [0.1, 0.15) is 26.7 Å². The number of Topliss-reactive ketones (excluding diaryl/α,β-unsaturated/α-hetero) is 2. The molecule has 1 aromatic heterocycles. The zero-order valence-corrected chi connectivity index (χ0v) is 17.7. The van der Waals surface area contributed by atoms with E-state index >= 15 is 0 Å². The average Bonchev–Trinajstić information content (AvgIpc) is 2.90. The Hall–Kier alpha value is -2.20. The van der Waals surface area contributed by atoms with E-state index in [2.05, 4.69) is 14.9 Å². The predicted octanol–water partition coefficient (Wildman–Crippen LogP) is 2.27. The molecule has 0 radical (unpaired) electrons. The van der Waals surface area contributed by atoms with Gasteiger partial charge >= 0.3 is 0 Å². The maximum absolute atomic E-state index is 12.4. The van der Waals surface area contributed by atoms with E-state index in [1.165, 1.54) is 0 Å². The molecule has 2 aromatic rings. The van der Waals surface area contributed by atoms with Gasteiger partial charge in [-0.25, -0.2) is 8.42 Å². The molecule has 0 atom stereocenters. The molecule has 0 amide bonds. The van der Waals surface area contributed by atoms with Crippen LogP contribution in [-0.4, -0.2) is 46.3 Å². The van der Waals surface area contributed by atoms with Gasteiger partial charge in [-0.15, -0.1) is 10.2 Å². The SMILES string of the molecule is Cn1c(SC2C(=O)CC(C)(C)CC2=O)nnc1-c1ccc(NS(C)(=O)=O)cc1. The molecule has 1 heterocycles. The smallest absolute Gasteiger partial charge is 0.229 e. The molecular formula is C18H22N4O4S2. The second-order valence-electron chi connectivity index (χ2n) is 7.77. The Bertz CT molecular complexity index is 1010. The summed E-state index contributed by atoms with van der Waals surface area (Å²) in [7, 11) is -1.58. The second-order valence-corrected chi connectivity index (χ2v) is 10.6. The van der Waals surface area contributed by atoms with Crippen LogP contribution >= 0.6 is 11.8 Å². The van der Waals surface area contributed by atoms with E-state index in [9.17, 15) is 18.0 Å². The highest BCUT2D eigenvalue weighted by molar-refractivity contribution is 8.01. The monoisotopic (exact) mass is 422 g/mol. The van der Waals surface area contributed by atoms with Gasteiger partial charge in [-0.3, -0.25) is 14.3 Å². The van der Waals surface area contributed by atoms with Crippen LogP contribution in [0, 0.1) is 5.41 Å². The normalized spacial score (nSPS) is 17.7. The van der Waals surface area contributed by atoms with Crippen LogP contribution in [-0.2, 0) is 26.7 Å². The highest BCUT2D eigenvalue weighted by Gasteiger charge is 2.40. The van der Waals surface area contributed by atoms with E-state index in [1.807, 2.05) is 13.8 Å². The number of carbonyl (C=O) groups excluding carboxylic acids is 2. The predicted molar refractivity (Wildman–Crippen MR) is 108 cm³/mol. The van der Waals surface area contributed by atoms with Gasteiger partial charge in [0.05, 0.1) is 6.26 Å². The summed E-state index contributed by atoms with van der Waals surface area (Å²) in [6, 6.07) is 6.72. The van der Waals surface area contributed by atoms with Gasteiger partial charge in [0.15, 0.2) is 22.5 Å². The third-order valence-corrected chi connectivity index (χ3v) is 6.33. The summed E-state index contributed by atoms with van der Waals surface area (Å²) in [5.41, 5.74) is 0.894. The van der Waals surface area contributed by atoms with E-state index in [4.69, 9.17) is 0 Å². The molecule has 8 nitrogen and oxygen atoms in total. The summed E-state index contributed by atoms with van der Waals surface area (Å²) in [6.07, 6.45) is 1.83. The summed E-state index contributed by atoms with van der Waals surface area (Å²) in [6.45, 7) is 3.85. The zero-order chi connectivity index (χ0) is 20.7. The molecule has 0 aliphatic heterocycles. The maximum Gasteiger partial charge on any atom is 0.229 e. The summed E-state index contributed by atoms with van der Waals surface area (Å²) in [5, 5.41) is 8.04. The molecule has 1 N–H and O–H groups in total. The first-order valence-electron chi connectivity index (χ1n) is 8.65. The molecule has 10 heteroatoms. The van der Waals surface area contributed by atoms with Crippen molar-refractivity contribution in [2.45, 2.75) is 37.1 Å². The minimum Gasteiger partial charge on any atom is -0.305 e. The lowest BCUT2D eigenvalue weighted by molar-refractivity contribution is -0.132. The van der Waals surface area contributed by atoms with Crippen LogP contribution < -0.4 is 4.72 Å². The topological polar surface area (TPSA) is 111 Å². The number of anilines is 1. The lowest BCUT2D eigenvalue weighted by Gasteiger charge is -2.31. The Morgan fingerprint density at radius 1 is 1.11 bits per heavy atom. The van der Waals surface area contributed by atoms with E-state index in [-0.39, 0.29) is 17.0 Å². The van der Waals surface area contributed by atoms with Crippen LogP contribution in [0.5, 0.6) is 0 Å². The van der Waals surface area contributed by atoms with E-state index < -0.39 is 15.3 Å². The molecule has 28 heavy (non-hydrogen) atoms. The van der Waals surface area contributed by atoms with Gasteiger partial charge in [0.25, 0.3) is 0 Å². The van der Waals surface area contributed by atoms with Gasteiger partial charge in [0.1, 0.15) is 5.25 Å². The molecule has 1 fully saturated rings. The van der Waals surface area contributed by atoms with Crippen molar-refractivity contribution < 1.29 is 18.0 Å². The van der Waals surface area contributed by atoms with Gasteiger partial charge in [-0.1, -0.05) is 25.6 Å². The Morgan fingerprint density at radius 3 is 2.21 bits per heavy atom. The molecule has 150 valence electrons. The fourth-order valence-electron chi connectivity index (χ4n) is 3.18. The first kappa shape index (κ1) is 20.5. The highest BCUT2D eigenvalue weighted by atomic mass is 32.2. The number of hydrogen-bond donors (Lipinski definition) is 1. The molecule has 0 bridgehead atoms. The molecule has 0 spiro atoms. The fraction of sp³-hybridized carbons (Fsp3) is 0.444. The number of benzene rings is 1. The van der Waals surface area contributed by atoms with Crippen LogP contribution in [0.2, 0.25) is 0 Å². The lowest BCUT2D eigenvalue weighted by Crippen LogP contribution is -2.39. The number of hydrogen-bond acceptors (Lipinski definition) is 7. The Morgan fingerprint density at radius 2 is 1.68 bits per heavy atom. The van der Waals surface area contributed by atoms with E-state index in [0.717, 1.165) is 23.6 Å². The van der Waals surface area contributed by atoms with Gasteiger partial charge in [0.2, 0.25) is 10.0 Å². The summed E-state index contributed by atoms with van der Waals surface area (Å²) in [5.74, 6) is 0.406. The van der Waals surface area contributed by atoms with Gasteiger partial charge < -0.3 is 4.57 Å². The van der Waals surface area contributed by atoms with E-state index in [1.54, 1.807) is 35.9 Å². The molecular weight excluding hydrogens is 400 g/mol. The molecule has 0 saturated heterocycles. The number of thioether (sulfide) groups is 1. The van der Waals surface area contributed by atoms with Crippen molar-refractivity contribution in [1.29, 1.82) is 0 Å². The number of aromatic nitrogens is 3. The number of nitrogens with zero attached hydrogens (tertiary/aromatic N) is 3. The quantitative estimate of drug-likeness (QED) is 0.736. The Balaban J connectivity index is 1.79. The number of ketones is 2. The summed E-state index contributed by atoms with van der Waals surface area (Å²) in [4.78, 5) is 24.8. The van der Waals surface area contributed by atoms with Crippen molar-refractivity contribution in [3.8, 4) is 11.4 Å². The number of rotatable bonds is 5. The molecule has 1 aliphatic rings. The minimum atomic E-state index is -3.34. The molecule has 0 unspecified atom stereocenters. The van der Waals surface area contributed by atoms with Gasteiger partial charge in [-0.2, -0.15) is 0 Å². The standard InChI is InChI=1S/C18H22N4O4S2/c1-18(2)9-13(23)15(14(24)10-18)27-17-20-19-16(22(17)3)11-5-7-12(8-6-11)21-28(4,25)26/h5-8,15,21H,9-10H2,1-4H3.